The predicted octanol–water partition coefficient (Wildman–Crippen LogP) is 4.47. The number of halogens is 3. The van der Waals surface area contributed by atoms with Crippen molar-refractivity contribution >= 4 is 32.7 Å². The number of piperidine rings is 1. The summed E-state index contributed by atoms with van der Waals surface area (Å²) in [6, 6.07) is 8.77. The lowest BCUT2D eigenvalue weighted by Gasteiger charge is -2.30. The van der Waals surface area contributed by atoms with E-state index in [4.69, 9.17) is 10.8 Å². The Labute approximate surface area is 247 Å². The van der Waals surface area contributed by atoms with Crippen LogP contribution < -0.4 is 5.73 Å². The van der Waals surface area contributed by atoms with Gasteiger partial charge >= 0.3 is 6.18 Å². The van der Waals surface area contributed by atoms with Crippen molar-refractivity contribution in [3.8, 4) is 11.8 Å². The first-order chi connectivity index (χ1) is 20.2. The second-order valence-electron chi connectivity index (χ2n) is 10.7. The van der Waals surface area contributed by atoms with E-state index in [1.807, 2.05) is 6.92 Å². The highest BCUT2D eigenvalue weighted by Gasteiger charge is 2.33. The molecule has 0 saturated carbocycles. The monoisotopic (exact) mass is 610 g/mol. The molecule has 43 heavy (non-hydrogen) atoms. The van der Waals surface area contributed by atoms with Gasteiger partial charge in [0.1, 0.15) is 17.8 Å². The second kappa shape index (κ2) is 11.4. The Morgan fingerprint density at radius 1 is 1.05 bits per heavy atom. The molecule has 4 aromatic rings. The molecule has 9 nitrogen and oxygen atoms in total. The Morgan fingerprint density at radius 3 is 2.42 bits per heavy atom. The standard InChI is InChI=1S/C30H29F3N6O3S/c1-18-4-6-20(15-26(40)22-7-5-19(2)24(16-22)30(31,32)33)14-21(18)8-9-25-27-28(34)35-17-36-29(27)39(37-25)23-10-12-38(13-11-23)43(3,41)42/h4-7,14,16-17,23H,10-13,15H2,1-3H3,(H2,34,35,36). The van der Waals surface area contributed by atoms with Crippen molar-refractivity contribution in [1.29, 1.82) is 0 Å². The molecule has 0 spiro atoms. The maximum absolute atomic E-state index is 13.4. The van der Waals surface area contributed by atoms with Gasteiger partial charge in [-0.15, -0.1) is 0 Å². The fraction of sp³-hybridized carbons (Fsp3) is 0.333. The Hall–Kier alpha value is -4.28. The van der Waals surface area contributed by atoms with E-state index >= 15 is 0 Å². The zero-order valence-corrected chi connectivity index (χ0v) is 24.6. The Kier molecular flexibility index (Phi) is 8.02. The number of Topliss-reactive ketones (excluding diaryl/α,β-unsaturated/α-hetero) is 1. The summed E-state index contributed by atoms with van der Waals surface area (Å²) in [7, 11) is -3.29. The van der Waals surface area contributed by atoms with Crippen molar-refractivity contribution in [2.24, 2.45) is 0 Å². The minimum atomic E-state index is -4.55. The third-order valence-electron chi connectivity index (χ3n) is 7.60. The summed E-state index contributed by atoms with van der Waals surface area (Å²) in [6.45, 7) is 3.93. The molecular weight excluding hydrogens is 581 g/mol. The van der Waals surface area contributed by atoms with Gasteiger partial charge in [0.2, 0.25) is 10.0 Å². The molecule has 224 valence electrons. The lowest BCUT2D eigenvalue weighted by Crippen LogP contribution is -2.38. The lowest BCUT2D eigenvalue weighted by atomic mass is 9.96. The van der Waals surface area contributed by atoms with Crippen LogP contribution in [0, 0.1) is 25.7 Å². The number of anilines is 1. The van der Waals surface area contributed by atoms with E-state index in [1.165, 1.54) is 35.9 Å². The number of nitrogens with zero attached hydrogens (tertiary/aromatic N) is 5. The smallest absolute Gasteiger partial charge is 0.383 e. The summed E-state index contributed by atoms with van der Waals surface area (Å²) in [5.41, 5.74) is 8.31. The van der Waals surface area contributed by atoms with E-state index in [0.717, 1.165) is 11.6 Å². The van der Waals surface area contributed by atoms with E-state index in [0.29, 0.717) is 53.8 Å². The molecule has 0 bridgehead atoms. The van der Waals surface area contributed by atoms with Crippen molar-refractivity contribution in [3.63, 3.8) is 0 Å². The van der Waals surface area contributed by atoms with Crippen LogP contribution in [0.4, 0.5) is 19.0 Å². The van der Waals surface area contributed by atoms with Crippen LogP contribution in [0.5, 0.6) is 0 Å². The number of carbonyl (C=O) groups is 1. The average Bonchev–Trinajstić information content (AvgIpc) is 3.32. The van der Waals surface area contributed by atoms with Crippen LogP contribution in [0.3, 0.4) is 0 Å². The predicted molar refractivity (Wildman–Crippen MR) is 156 cm³/mol. The van der Waals surface area contributed by atoms with E-state index in [9.17, 15) is 26.4 Å². The Morgan fingerprint density at radius 2 is 1.74 bits per heavy atom. The number of nitrogen functional groups attached to an aromatic ring is 1. The molecule has 3 heterocycles. The molecule has 1 fully saturated rings. The van der Waals surface area contributed by atoms with Gasteiger partial charge in [-0.3, -0.25) is 4.79 Å². The van der Waals surface area contributed by atoms with Crippen LogP contribution in [0.2, 0.25) is 0 Å². The molecule has 2 aromatic carbocycles. The van der Waals surface area contributed by atoms with Crippen molar-refractivity contribution in [2.45, 2.75) is 45.3 Å². The van der Waals surface area contributed by atoms with E-state index in [1.54, 1.807) is 22.9 Å². The van der Waals surface area contributed by atoms with Crippen molar-refractivity contribution in [2.75, 3.05) is 25.1 Å². The lowest BCUT2D eigenvalue weighted by molar-refractivity contribution is -0.138. The number of hydrogen-bond acceptors (Lipinski definition) is 7. The Bertz CT molecular complexity index is 1900. The number of alkyl halides is 3. The van der Waals surface area contributed by atoms with Gasteiger partial charge in [-0.05, 0) is 61.4 Å². The third kappa shape index (κ3) is 6.40. The summed E-state index contributed by atoms with van der Waals surface area (Å²) >= 11 is 0. The van der Waals surface area contributed by atoms with E-state index in [-0.39, 0.29) is 29.4 Å². The van der Waals surface area contributed by atoms with Crippen LogP contribution >= 0.6 is 0 Å². The average molecular weight is 611 g/mol. The summed E-state index contributed by atoms with van der Waals surface area (Å²) in [5.74, 6) is 5.93. The van der Waals surface area contributed by atoms with Gasteiger partial charge in [0.15, 0.2) is 11.4 Å². The number of aryl methyl sites for hydroxylation is 2. The van der Waals surface area contributed by atoms with Crippen LogP contribution in [0.25, 0.3) is 11.0 Å². The van der Waals surface area contributed by atoms with Crippen molar-refractivity contribution in [3.05, 3.63) is 81.8 Å². The first-order valence-electron chi connectivity index (χ1n) is 13.5. The first kappa shape index (κ1) is 30.2. The molecule has 1 saturated heterocycles. The first-order valence-corrected chi connectivity index (χ1v) is 15.3. The molecule has 0 aliphatic carbocycles. The number of benzene rings is 2. The van der Waals surface area contributed by atoms with Gasteiger partial charge in [-0.1, -0.05) is 30.2 Å². The fourth-order valence-corrected chi connectivity index (χ4v) is 6.06. The van der Waals surface area contributed by atoms with Crippen LogP contribution in [0.15, 0.2) is 42.7 Å². The van der Waals surface area contributed by atoms with Crippen LogP contribution in [-0.2, 0) is 22.6 Å². The second-order valence-corrected chi connectivity index (χ2v) is 12.7. The normalized spacial score (nSPS) is 14.9. The number of fused-ring (bicyclic) bond motifs is 1. The number of carbonyl (C=O) groups excluding carboxylic acids is 1. The zero-order valence-electron chi connectivity index (χ0n) is 23.7. The van der Waals surface area contributed by atoms with E-state index in [2.05, 4.69) is 21.8 Å². The summed E-state index contributed by atoms with van der Waals surface area (Å²) in [4.78, 5) is 21.4. The number of rotatable bonds is 5. The topological polar surface area (TPSA) is 124 Å². The number of hydrogen-bond donors (Lipinski definition) is 1. The number of nitrogens with two attached hydrogens (primary N) is 1. The van der Waals surface area contributed by atoms with Gasteiger partial charge in [0.05, 0.1) is 23.2 Å². The Balaban J connectivity index is 1.43. The number of ketones is 1. The van der Waals surface area contributed by atoms with Gasteiger partial charge < -0.3 is 5.73 Å². The van der Waals surface area contributed by atoms with Crippen LogP contribution in [0.1, 0.15) is 62.8 Å². The summed E-state index contributed by atoms with van der Waals surface area (Å²) in [5, 5.41) is 5.19. The summed E-state index contributed by atoms with van der Waals surface area (Å²) in [6.07, 6.45) is -1.03. The van der Waals surface area contributed by atoms with E-state index < -0.39 is 27.5 Å². The minimum Gasteiger partial charge on any atom is -0.383 e. The van der Waals surface area contributed by atoms with Gasteiger partial charge in [-0.2, -0.15) is 18.3 Å². The van der Waals surface area contributed by atoms with Gasteiger partial charge in [0, 0.05) is 30.6 Å². The summed E-state index contributed by atoms with van der Waals surface area (Å²) < 4.78 is 67.1. The molecule has 5 rings (SSSR count). The molecule has 0 radical (unpaired) electrons. The maximum Gasteiger partial charge on any atom is 0.416 e. The molecule has 0 amide bonds. The molecule has 2 aromatic heterocycles. The molecule has 2 N–H and O–H groups in total. The van der Waals surface area contributed by atoms with Crippen LogP contribution in [-0.4, -0.2) is 57.6 Å². The molecule has 0 unspecified atom stereocenters. The highest BCUT2D eigenvalue weighted by Crippen LogP contribution is 2.33. The quantitative estimate of drug-likeness (QED) is 0.261. The SMILES string of the molecule is Cc1ccc(CC(=O)c2ccc(C)c(C(F)(F)F)c2)cc1C#Cc1nn(C2CCN(S(C)(=O)=O)CC2)c2ncnc(N)c12. The molecule has 13 heteroatoms. The third-order valence-corrected chi connectivity index (χ3v) is 8.91. The van der Waals surface area contributed by atoms with Crippen molar-refractivity contribution in [1.82, 2.24) is 24.1 Å². The highest BCUT2D eigenvalue weighted by atomic mass is 32.2. The molecule has 1 aliphatic rings. The minimum absolute atomic E-state index is 0.0130. The number of aromatic nitrogens is 4. The highest BCUT2D eigenvalue weighted by molar-refractivity contribution is 7.88. The molecule has 0 atom stereocenters. The van der Waals surface area contributed by atoms with Gasteiger partial charge in [-0.25, -0.2) is 27.4 Å². The molecule has 1 aliphatic heterocycles. The molecular formula is C30H29F3N6O3S. The largest absolute Gasteiger partial charge is 0.416 e. The maximum atomic E-state index is 13.4. The number of sulfonamides is 1. The fourth-order valence-electron chi connectivity index (χ4n) is 5.18. The zero-order chi connectivity index (χ0) is 31.1. The van der Waals surface area contributed by atoms with Gasteiger partial charge in [0.25, 0.3) is 0 Å². The van der Waals surface area contributed by atoms with Crippen molar-refractivity contribution < 1.29 is 26.4 Å².